The molecular formula is C19H19ClN2O6. The molecule has 0 radical (unpaired) electrons. The van der Waals surface area contributed by atoms with Crippen LogP contribution in [0.15, 0.2) is 48.5 Å². The zero-order valence-electron chi connectivity index (χ0n) is 15.2. The molecule has 0 heterocycles. The first-order chi connectivity index (χ1) is 13.4. The third kappa shape index (κ3) is 6.04. The number of nitro groups is 1. The maximum absolute atomic E-state index is 12.5. The number of carbonyl (C=O) groups excluding carboxylic acids is 2. The van der Waals surface area contributed by atoms with Crippen LogP contribution >= 0.6 is 11.6 Å². The first kappa shape index (κ1) is 21.3. The van der Waals surface area contributed by atoms with E-state index in [1.165, 1.54) is 24.1 Å². The minimum absolute atomic E-state index is 0.00331. The lowest BCUT2D eigenvalue weighted by atomic mass is 10.2. The molecule has 0 saturated heterocycles. The molecule has 8 nitrogen and oxygen atoms in total. The van der Waals surface area contributed by atoms with Crippen LogP contribution in [-0.4, -0.2) is 48.6 Å². The molecular weight excluding hydrogens is 388 g/mol. The van der Waals surface area contributed by atoms with Crippen molar-refractivity contribution in [3.05, 3.63) is 74.8 Å². The molecule has 0 aliphatic heterocycles. The summed E-state index contributed by atoms with van der Waals surface area (Å²) in [6.45, 7) is 0.453. The number of amides is 1. The van der Waals surface area contributed by atoms with E-state index in [0.29, 0.717) is 19.7 Å². The highest BCUT2D eigenvalue weighted by molar-refractivity contribution is 6.33. The smallest absolute Gasteiger partial charge is 0.340 e. The SMILES string of the molecule is COCCN(Cc1ccccc1)C(=O)COC(=O)c1cc([N+](=O)[O-])ccc1Cl. The summed E-state index contributed by atoms with van der Waals surface area (Å²) in [5.74, 6) is -1.33. The Morgan fingerprint density at radius 2 is 1.89 bits per heavy atom. The number of nitro benzene ring substituents is 1. The highest BCUT2D eigenvalue weighted by Gasteiger charge is 2.20. The Hall–Kier alpha value is -2.97. The molecule has 0 aliphatic carbocycles. The molecule has 0 saturated carbocycles. The molecule has 1 amide bonds. The Kier molecular flexibility index (Phi) is 7.91. The lowest BCUT2D eigenvalue weighted by Crippen LogP contribution is -2.36. The highest BCUT2D eigenvalue weighted by Crippen LogP contribution is 2.22. The quantitative estimate of drug-likeness (QED) is 0.360. The second-order valence-electron chi connectivity index (χ2n) is 5.79. The standard InChI is InChI=1S/C19H19ClN2O6/c1-27-10-9-21(12-14-5-3-2-4-6-14)18(23)13-28-19(24)16-11-15(22(25)26)7-8-17(16)20/h2-8,11H,9-10,12-13H2,1H3. The third-order valence-corrected chi connectivity index (χ3v) is 4.17. The van der Waals surface area contributed by atoms with Gasteiger partial charge in [-0.3, -0.25) is 14.9 Å². The van der Waals surface area contributed by atoms with E-state index in [9.17, 15) is 19.7 Å². The van der Waals surface area contributed by atoms with Crippen molar-refractivity contribution >= 4 is 29.2 Å². The van der Waals surface area contributed by atoms with Crippen molar-refractivity contribution in [1.29, 1.82) is 0 Å². The van der Waals surface area contributed by atoms with Gasteiger partial charge < -0.3 is 14.4 Å². The van der Waals surface area contributed by atoms with E-state index < -0.39 is 23.4 Å². The van der Waals surface area contributed by atoms with Crippen LogP contribution in [-0.2, 0) is 20.8 Å². The summed E-state index contributed by atoms with van der Waals surface area (Å²) < 4.78 is 10.0. The van der Waals surface area contributed by atoms with Gasteiger partial charge in [-0.15, -0.1) is 0 Å². The van der Waals surface area contributed by atoms with Gasteiger partial charge >= 0.3 is 5.97 Å². The van der Waals surface area contributed by atoms with Gasteiger partial charge in [0.2, 0.25) is 0 Å². The zero-order chi connectivity index (χ0) is 20.5. The van der Waals surface area contributed by atoms with Crippen molar-refractivity contribution in [2.75, 3.05) is 26.9 Å². The van der Waals surface area contributed by atoms with Crippen LogP contribution in [0.1, 0.15) is 15.9 Å². The predicted octanol–water partition coefficient (Wildman–Crippen LogP) is 3.08. The van der Waals surface area contributed by atoms with Crippen LogP contribution in [0.4, 0.5) is 5.69 Å². The van der Waals surface area contributed by atoms with Gasteiger partial charge in [-0.1, -0.05) is 41.9 Å². The third-order valence-electron chi connectivity index (χ3n) is 3.84. The number of nitrogens with zero attached hydrogens (tertiary/aromatic N) is 2. The molecule has 0 unspecified atom stereocenters. The Morgan fingerprint density at radius 3 is 2.54 bits per heavy atom. The molecule has 9 heteroatoms. The number of rotatable bonds is 9. The lowest BCUT2D eigenvalue weighted by Gasteiger charge is -2.22. The van der Waals surface area contributed by atoms with Gasteiger partial charge in [0.25, 0.3) is 11.6 Å². The molecule has 0 atom stereocenters. The molecule has 0 spiro atoms. The van der Waals surface area contributed by atoms with E-state index in [0.717, 1.165) is 11.6 Å². The van der Waals surface area contributed by atoms with Crippen LogP contribution in [0, 0.1) is 10.1 Å². The van der Waals surface area contributed by atoms with E-state index in [2.05, 4.69) is 0 Å². The number of benzene rings is 2. The molecule has 0 fully saturated rings. The first-order valence-corrected chi connectivity index (χ1v) is 8.72. The maximum Gasteiger partial charge on any atom is 0.340 e. The van der Waals surface area contributed by atoms with Crippen molar-refractivity contribution in [2.45, 2.75) is 6.54 Å². The molecule has 2 aromatic carbocycles. The summed E-state index contributed by atoms with van der Waals surface area (Å²) in [4.78, 5) is 36.4. The second-order valence-corrected chi connectivity index (χ2v) is 6.20. The number of halogens is 1. The van der Waals surface area contributed by atoms with Gasteiger partial charge in [0.15, 0.2) is 6.61 Å². The fraction of sp³-hybridized carbons (Fsp3) is 0.263. The van der Waals surface area contributed by atoms with Crippen LogP contribution in [0.3, 0.4) is 0 Å². The number of hydrogen-bond acceptors (Lipinski definition) is 6. The maximum atomic E-state index is 12.5. The topological polar surface area (TPSA) is 99.0 Å². The average molecular weight is 407 g/mol. The Balaban J connectivity index is 2.04. The van der Waals surface area contributed by atoms with Crippen LogP contribution in [0.5, 0.6) is 0 Å². The Labute approximate surface area is 166 Å². The molecule has 2 aromatic rings. The van der Waals surface area contributed by atoms with Crippen molar-refractivity contribution in [3.63, 3.8) is 0 Å². The van der Waals surface area contributed by atoms with Gasteiger partial charge in [-0.2, -0.15) is 0 Å². The summed E-state index contributed by atoms with van der Waals surface area (Å²) >= 11 is 5.91. The van der Waals surface area contributed by atoms with Crippen LogP contribution in [0.25, 0.3) is 0 Å². The number of carbonyl (C=O) groups is 2. The monoisotopic (exact) mass is 406 g/mol. The largest absolute Gasteiger partial charge is 0.452 e. The van der Waals surface area contributed by atoms with Crippen molar-refractivity contribution in [2.24, 2.45) is 0 Å². The van der Waals surface area contributed by atoms with E-state index in [1.807, 2.05) is 30.3 Å². The number of ether oxygens (including phenoxy) is 2. The molecule has 148 valence electrons. The summed E-state index contributed by atoms with van der Waals surface area (Å²) in [5.41, 5.74) is 0.448. The van der Waals surface area contributed by atoms with Gasteiger partial charge in [0.05, 0.1) is 22.1 Å². The zero-order valence-corrected chi connectivity index (χ0v) is 15.9. The molecule has 28 heavy (non-hydrogen) atoms. The van der Waals surface area contributed by atoms with Gasteiger partial charge in [0.1, 0.15) is 0 Å². The van der Waals surface area contributed by atoms with Crippen molar-refractivity contribution < 1.29 is 24.0 Å². The van der Waals surface area contributed by atoms with Crippen LogP contribution in [0.2, 0.25) is 5.02 Å². The Bertz CT molecular complexity index is 844. The van der Waals surface area contributed by atoms with E-state index >= 15 is 0 Å². The summed E-state index contributed by atoms with van der Waals surface area (Å²) in [5, 5.41) is 10.9. The Morgan fingerprint density at radius 1 is 1.18 bits per heavy atom. The van der Waals surface area contributed by atoms with Crippen molar-refractivity contribution in [3.8, 4) is 0 Å². The van der Waals surface area contributed by atoms with Gasteiger partial charge in [-0.25, -0.2) is 4.79 Å². The van der Waals surface area contributed by atoms with E-state index in [4.69, 9.17) is 21.1 Å². The molecule has 0 aliphatic rings. The molecule has 0 aromatic heterocycles. The molecule has 2 rings (SSSR count). The highest BCUT2D eigenvalue weighted by atomic mass is 35.5. The predicted molar refractivity (Wildman–Crippen MR) is 102 cm³/mol. The number of esters is 1. The number of methoxy groups -OCH3 is 1. The summed E-state index contributed by atoms with van der Waals surface area (Å²) in [6, 6.07) is 12.8. The molecule has 0 bridgehead atoms. The van der Waals surface area contributed by atoms with Crippen molar-refractivity contribution in [1.82, 2.24) is 4.90 Å². The number of non-ortho nitro benzene ring substituents is 1. The minimum Gasteiger partial charge on any atom is -0.452 e. The average Bonchev–Trinajstić information content (AvgIpc) is 2.69. The molecule has 0 N–H and O–H groups in total. The van der Waals surface area contributed by atoms with Gasteiger partial charge in [0, 0.05) is 32.3 Å². The van der Waals surface area contributed by atoms with Gasteiger partial charge in [-0.05, 0) is 11.6 Å². The number of hydrogen-bond donors (Lipinski definition) is 0. The van der Waals surface area contributed by atoms with Crippen LogP contribution < -0.4 is 0 Å². The fourth-order valence-corrected chi connectivity index (χ4v) is 2.57. The van der Waals surface area contributed by atoms with E-state index in [1.54, 1.807) is 0 Å². The lowest BCUT2D eigenvalue weighted by molar-refractivity contribution is -0.384. The summed E-state index contributed by atoms with van der Waals surface area (Å²) in [6.07, 6.45) is 0. The normalized spacial score (nSPS) is 10.4. The second kappa shape index (κ2) is 10.4. The van der Waals surface area contributed by atoms with E-state index in [-0.39, 0.29) is 16.3 Å². The summed E-state index contributed by atoms with van der Waals surface area (Å²) in [7, 11) is 1.52. The fourth-order valence-electron chi connectivity index (χ4n) is 2.38. The first-order valence-electron chi connectivity index (χ1n) is 8.34. The minimum atomic E-state index is -0.909.